The minimum atomic E-state index is -4.38. The van der Waals surface area contributed by atoms with E-state index < -0.39 is 10.4 Å². The van der Waals surface area contributed by atoms with Crippen LogP contribution in [0.5, 0.6) is 5.75 Å². The Kier molecular flexibility index (Phi) is 7.58. The second-order valence-electron chi connectivity index (χ2n) is 1.82. The summed E-state index contributed by atoms with van der Waals surface area (Å²) in [5.41, 5.74) is 0. The molecule has 6 heteroatoms. The molecule has 4 nitrogen and oxygen atoms in total. The summed E-state index contributed by atoms with van der Waals surface area (Å²) in [5.74, 6) is 0.0926. The van der Waals surface area contributed by atoms with Crippen LogP contribution in [0.25, 0.3) is 0 Å². The second-order valence-corrected chi connectivity index (χ2v) is 2.85. The first-order valence-electron chi connectivity index (χ1n) is 2.80. The van der Waals surface area contributed by atoms with Crippen LogP contribution in [0.15, 0.2) is 30.3 Å². The molecule has 0 aliphatic heterocycles. The number of hydrogen-bond acceptors (Lipinski definition) is 3. The average molecular weight is 212 g/mol. The maximum absolute atomic E-state index is 10.1. The van der Waals surface area contributed by atoms with Crippen molar-refractivity contribution >= 4 is 10.4 Å². The molecule has 0 spiro atoms. The van der Waals surface area contributed by atoms with Gasteiger partial charge in [-0.1, -0.05) is 18.2 Å². The maximum atomic E-state index is 10.1. The molecule has 0 heterocycles. The van der Waals surface area contributed by atoms with Crippen LogP contribution < -0.4 is 33.7 Å². The smallest absolute Gasteiger partial charge is 0.362 e. The normalized spacial score (nSPS) is 9.31. The molecule has 1 N–H and O–H groups in total. The molecule has 0 amide bonds. The molecule has 13 heavy (non-hydrogen) atoms. The Morgan fingerprint density at radius 2 is 1.62 bits per heavy atom. The zero-order valence-electron chi connectivity index (χ0n) is 7.47. The van der Waals surface area contributed by atoms with E-state index in [0.717, 1.165) is 0 Å². The van der Waals surface area contributed by atoms with Crippen molar-refractivity contribution in [3.05, 3.63) is 37.8 Å². The minimum absolute atomic E-state index is 0. The number of hydrogen-bond donors (Lipinski definition) is 1. The largest absolute Gasteiger partial charge is 1.00 e. The molecule has 0 bridgehead atoms. The van der Waals surface area contributed by atoms with Crippen molar-refractivity contribution in [2.24, 2.45) is 0 Å². The van der Waals surface area contributed by atoms with E-state index in [4.69, 9.17) is 4.55 Å². The maximum Gasteiger partial charge on any atom is 1.00 e. The third-order valence-corrected chi connectivity index (χ3v) is 1.35. The van der Waals surface area contributed by atoms with E-state index in [0.29, 0.717) is 0 Å². The zero-order chi connectivity index (χ0) is 8.32. The van der Waals surface area contributed by atoms with Gasteiger partial charge in [0.15, 0.2) is 0 Å². The molecule has 0 aliphatic rings. The van der Waals surface area contributed by atoms with Gasteiger partial charge in [-0.15, -0.1) is 0 Å². The van der Waals surface area contributed by atoms with E-state index >= 15 is 0 Å². The molecule has 0 saturated heterocycles. The van der Waals surface area contributed by atoms with Gasteiger partial charge in [-0.2, -0.15) is 8.42 Å². The summed E-state index contributed by atoms with van der Waals surface area (Å²) in [6.45, 7) is 0. The van der Waals surface area contributed by atoms with Crippen molar-refractivity contribution in [3.63, 3.8) is 0 Å². The van der Waals surface area contributed by atoms with Crippen molar-refractivity contribution in [2.75, 3.05) is 0 Å². The van der Waals surface area contributed by atoms with Gasteiger partial charge in [0.05, 0.1) is 0 Å². The molecule has 0 saturated carbocycles. The van der Waals surface area contributed by atoms with Gasteiger partial charge in [0.2, 0.25) is 0 Å². The minimum Gasteiger partial charge on any atom is -0.362 e. The first-order valence-corrected chi connectivity index (χ1v) is 4.16. The second kappa shape index (κ2) is 6.39. The Morgan fingerprint density at radius 3 is 2.00 bits per heavy atom. The van der Waals surface area contributed by atoms with Crippen molar-refractivity contribution in [1.82, 2.24) is 0 Å². The number of para-hydroxylation sites is 1. The van der Waals surface area contributed by atoms with Crippen LogP contribution in [0.4, 0.5) is 0 Å². The fourth-order valence-corrected chi connectivity index (χ4v) is 0.952. The van der Waals surface area contributed by atoms with Crippen LogP contribution in [0.2, 0.25) is 0 Å². The van der Waals surface area contributed by atoms with E-state index in [1.165, 1.54) is 12.1 Å². The van der Waals surface area contributed by atoms with Crippen LogP contribution >= 0.6 is 0 Å². The SMILES string of the molecule is O=S(=O)(O)Oc1ccccc1.[CH3-].[Na+]. The molecule has 0 radical (unpaired) electrons. The van der Waals surface area contributed by atoms with Gasteiger partial charge in [0, 0.05) is 0 Å². The average Bonchev–Trinajstić information content (AvgIpc) is 1.85. The van der Waals surface area contributed by atoms with Gasteiger partial charge in [0.1, 0.15) is 5.75 Å². The van der Waals surface area contributed by atoms with E-state index in [-0.39, 0.29) is 42.7 Å². The van der Waals surface area contributed by atoms with Gasteiger partial charge < -0.3 is 11.6 Å². The third kappa shape index (κ3) is 7.04. The van der Waals surface area contributed by atoms with Crippen LogP contribution in [-0.4, -0.2) is 13.0 Å². The number of benzene rings is 1. The van der Waals surface area contributed by atoms with Crippen LogP contribution in [0.1, 0.15) is 0 Å². The number of rotatable bonds is 2. The summed E-state index contributed by atoms with van der Waals surface area (Å²) in [6.07, 6.45) is 0. The third-order valence-electron chi connectivity index (χ3n) is 0.945. The molecule has 68 valence electrons. The zero-order valence-corrected chi connectivity index (χ0v) is 10.3. The fraction of sp³-hybridized carbons (Fsp3) is 0. The topological polar surface area (TPSA) is 63.6 Å². The van der Waals surface area contributed by atoms with E-state index in [1.54, 1.807) is 18.2 Å². The Labute approximate surface area is 100 Å². The van der Waals surface area contributed by atoms with Crippen LogP contribution in [0, 0.1) is 7.43 Å². The van der Waals surface area contributed by atoms with Gasteiger partial charge in [-0.25, -0.2) is 0 Å². The van der Waals surface area contributed by atoms with Crippen molar-refractivity contribution in [3.8, 4) is 5.75 Å². The Bertz CT molecular complexity index is 322. The summed E-state index contributed by atoms with van der Waals surface area (Å²) in [5, 5.41) is 0. The Hall–Kier alpha value is -0.0700. The first kappa shape index (κ1) is 15.4. The summed E-state index contributed by atoms with van der Waals surface area (Å²) in [7, 11) is -4.38. The molecular formula is C7H9NaO4S. The Morgan fingerprint density at radius 1 is 1.15 bits per heavy atom. The first-order chi connectivity index (χ1) is 5.08. The summed E-state index contributed by atoms with van der Waals surface area (Å²) in [6, 6.07) is 7.75. The predicted octanol–water partition coefficient (Wildman–Crippen LogP) is -1.68. The molecule has 0 unspecified atom stereocenters. The standard InChI is InChI=1S/C6H6O4S.CH3.Na/c7-11(8,9)10-6-4-2-1-3-5-6;;/h1-5H,(H,7,8,9);1H3;/q;-1;+1. The van der Waals surface area contributed by atoms with Gasteiger partial charge in [-0.05, 0) is 12.1 Å². The van der Waals surface area contributed by atoms with Gasteiger partial charge in [0.25, 0.3) is 0 Å². The van der Waals surface area contributed by atoms with Crippen LogP contribution in [-0.2, 0) is 10.4 Å². The molecule has 0 aromatic heterocycles. The van der Waals surface area contributed by atoms with E-state index in [1.807, 2.05) is 0 Å². The molecule has 0 aliphatic carbocycles. The van der Waals surface area contributed by atoms with Gasteiger partial charge in [-0.3, -0.25) is 4.55 Å². The van der Waals surface area contributed by atoms with E-state index in [9.17, 15) is 8.42 Å². The molecular weight excluding hydrogens is 203 g/mol. The predicted molar refractivity (Wildman–Crippen MR) is 45.0 cm³/mol. The molecule has 0 fully saturated rings. The van der Waals surface area contributed by atoms with Crippen molar-refractivity contribution in [1.29, 1.82) is 0 Å². The van der Waals surface area contributed by atoms with E-state index in [2.05, 4.69) is 4.18 Å². The monoisotopic (exact) mass is 212 g/mol. The van der Waals surface area contributed by atoms with Crippen LogP contribution in [0.3, 0.4) is 0 Å². The quantitative estimate of drug-likeness (QED) is 0.361. The molecule has 1 rings (SSSR count). The summed E-state index contributed by atoms with van der Waals surface area (Å²) in [4.78, 5) is 0. The molecule has 1 aromatic rings. The van der Waals surface area contributed by atoms with Crippen molar-refractivity contribution < 1.29 is 46.7 Å². The Balaban J connectivity index is 0. The van der Waals surface area contributed by atoms with Gasteiger partial charge >= 0.3 is 40.0 Å². The van der Waals surface area contributed by atoms with Crippen molar-refractivity contribution in [2.45, 2.75) is 0 Å². The molecule has 0 atom stereocenters. The molecule has 1 aromatic carbocycles. The summed E-state index contributed by atoms with van der Waals surface area (Å²) < 4.78 is 32.6. The fourth-order valence-electron chi connectivity index (χ4n) is 0.598. The summed E-state index contributed by atoms with van der Waals surface area (Å²) >= 11 is 0.